The van der Waals surface area contributed by atoms with E-state index in [2.05, 4.69) is 5.10 Å². The van der Waals surface area contributed by atoms with Crippen LogP contribution in [0.15, 0.2) is 42.6 Å². The van der Waals surface area contributed by atoms with E-state index in [9.17, 15) is 9.59 Å². The molecule has 0 unspecified atom stereocenters. The maximum atomic E-state index is 12.8. The minimum Gasteiger partial charge on any atom is -0.337 e. The van der Waals surface area contributed by atoms with Crippen molar-refractivity contribution < 1.29 is 9.59 Å². The van der Waals surface area contributed by atoms with Gasteiger partial charge in [-0.15, -0.1) is 0 Å². The molecule has 4 heterocycles. The quantitative estimate of drug-likeness (QED) is 0.618. The van der Waals surface area contributed by atoms with E-state index in [1.165, 1.54) is 0 Å². The second-order valence-corrected chi connectivity index (χ2v) is 8.84. The fourth-order valence-electron chi connectivity index (χ4n) is 4.80. The smallest absolute Gasteiger partial charge is 0.272 e. The van der Waals surface area contributed by atoms with Gasteiger partial charge in [0.25, 0.3) is 5.91 Å². The number of fused-ring (bicyclic) bond motifs is 1. The lowest BCUT2D eigenvalue weighted by molar-refractivity contribution is -0.119. The van der Waals surface area contributed by atoms with Gasteiger partial charge in [0, 0.05) is 49.9 Å². The van der Waals surface area contributed by atoms with Crippen molar-refractivity contribution in [3.05, 3.63) is 70.9 Å². The molecule has 8 heteroatoms. The summed E-state index contributed by atoms with van der Waals surface area (Å²) in [5, 5.41) is 4.11. The first-order chi connectivity index (χ1) is 16.0. The third-order valence-corrected chi connectivity index (χ3v) is 6.73. The van der Waals surface area contributed by atoms with Crippen molar-refractivity contribution in [2.24, 2.45) is 7.05 Å². The van der Waals surface area contributed by atoms with Crippen LogP contribution in [-0.4, -0.2) is 49.6 Å². The van der Waals surface area contributed by atoms with Gasteiger partial charge >= 0.3 is 0 Å². The average Bonchev–Trinajstić information content (AvgIpc) is 3.27. The number of amides is 2. The van der Waals surface area contributed by atoms with Crippen LogP contribution in [0.25, 0.3) is 0 Å². The lowest BCUT2D eigenvalue weighted by Gasteiger charge is -2.33. The van der Waals surface area contributed by atoms with E-state index in [0.29, 0.717) is 38.2 Å². The van der Waals surface area contributed by atoms with Gasteiger partial charge in [-0.05, 0) is 37.8 Å². The van der Waals surface area contributed by atoms with Gasteiger partial charge in [-0.1, -0.05) is 30.3 Å². The van der Waals surface area contributed by atoms with Gasteiger partial charge in [-0.25, -0.2) is 9.97 Å². The van der Waals surface area contributed by atoms with Gasteiger partial charge in [0.05, 0.1) is 6.54 Å². The topological polar surface area (TPSA) is 84.2 Å². The first kappa shape index (κ1) is 21.3. The Morgan fingerprint density at radius 1 is 1.06 bits per heavy atom. The minimum atomic E-state index is 0.00984. The third-order valence-electron chi connectivity index (χ3n) is 6.73. The monoisotopic (exact) mass is 444 g/mol. The maximum Gasteiger partial charge on any atom is 0.272 e. The Labute approximate surface area is 193 Å². The van der Waals surface area contributed by atoms with Gasteiger partial charge in [0.15, 0.2) is 0 Å². The molecule has 2 aromatic heterocycles. The minimum absolute atomic E-state index is 0.00984. The van der Waals surface area contributed by atoms with Gasteiger partial charge in [-0.2, -0.15) is 5.10 Å². The molecule has 0 radical (unpaired) electrons. The largest absolute Gasteiger partial charge is 0.337 e. The number of hydrogen-bond acceptors (Lipinski definition) is 5. The molecule has 0 atom stereocenters. The van der Waals surface area contributed by atoms with Crippen LogP contribution in [0, 0.1) is 6.92 Å². The molecule has 2 amide bonds. The van der Waals surface area contributed by atoms with Crippen molar-refractivity contribution in [1.82, 2.24) is 24.6 Å². The Morgan fingerprint density at radius 2 is 1.82 bits per heavy atom. The Kier molecular flexibility index (Phi) is 5.66. The van der Waals surface area contributed by atoms with E-state index in [0.717, 1.165) is 41.3 Å². The summed E-state index contributed by atoms with van der Waals surface area (Å²) in [5.74, 6) is 1.82. The molecule has 3 aromatic rings. The average molecular weight is 445 g/mol. The number of aryl methyl sites for hydroxylation is 2. The van der Waals surface area contributed by atoms with E-state index in [4.69, 9.17) is 9.97 Å². The predicted octanol–water partition coefficient (Wildman–Crippen LogP) is 3.02. The highest BCUT2D eigenvalue weighted by atomic mass is 16.2. The molecule has 0 spiro atoms. The summed E-state index contributed by atoms with van der Waals surface area (Å²) in [7, 11) is 1.78. The lowest BCUT2D eigenvalue weighted by atomic mass is 9.94. The number of benzene rings is 1. The van der Waals surface area contributed by atoms with Crippen LogP contribution in [-0.2, 0) is 24.8 Å². The van der Waals surface area contributed by atoms with Crippen LogP contribution in [0.3, 0.4) is 0 Å². The summed E-state index contributed by atoms with van der Waals surface area (Å²) in [6.45, 7) is 3.84. The molecule has 0 aliphatic carbocycles. The van der Waals surface area contributed by atoms with Crippen LogP contribution in [0.4, 0.5) is 5.82 Å². The fraction of sp³-hybridized carbons (Fsp3) is 0.400. The molecule has 0 N–H and O–H groups in total. The number of hydrogen-bond donors (Lipinski definition) is 0. The summed E-state index contributed by atoms with van der Waals surface area (Å²) in [6, 6.07) is 11.8. The number of rotatable bonds is 4. The van der Waals surface area contributed by atoms with Crippen LogP contribution in [0.5, 0.6) is 0 Å². The lowest BCUT2D eigenvalue weighted by Crippen LogP contribution is -2.39. The normalized spacial score (nSPS) is 16.7. The van der Waals surface area contributed by atoms with Gasteiger partial charge in [0.1, 0.15) is 17.3 Å². The second-order valence-electron chi connectivity index (χ2n) is 8.84. The highest BCUT2D eigenvalue weighted by Gasteiger charge is 2.32. The number of likely N-dealkylation sites (tertiary alicyclic amines) is 1. The number of nitrogens with zero attached hydrogens (tertiary/aromatic N) is 6. The molecule has 1 aromatic carbocycles. The molecule has 0 bridgehead atoms. The van der Waals surface area contributed by atoms with E-state index in [-0.39, 0.29) is 17.7 Å². The number of carbonyl (C=O) groups is 2. The zero-order chi connectivity index (χ0) is 22.9. The van der Waals surface area contributed by atoms with Crippen LogP contribution >= 0.6 is 0 Å². The van der Waals surface area contributed by atoms with Crippen LogP contribution in [0.1, 0.15) is 58.3 Å². The Morgan fingerprint density at radius 3 is 2.52 bits per heavy atom. The number of aromatic nitrogens is 4. The summed E-state index contributed by atoms with van der Waals surface area (Å²) in [6.07, 6.45) is 4.41. The summed E-state index contributed by atoms with van der Waals surface area (Å²) in [4.78, 5) is 39.1. The molecule has 170 valence electrons. The SMILES string of the molecule is Cc1nc(C2CCN(C(=O)c3ccnn3C)CC2)nc2c1CCC(=O)N2Cc1ccccc1. The number of piperidine rings is 1. The van der Waals surface area contributed by atoms with Crippen molar-refractivity contribution >= 4 is 17.6 Å². The summed E-state index contributed by atoms with van der Waals surface area (Å²) in [5.41, 5.74) is 3.70. The molecular weight excluding hydrogens is 416 g/mol. The van der Waals surface area contributed by atoms with Crippen molar-refractivity contribution in [2.75, 3.05) is 18.0 Å². The van der Waals surface area contributed by atoms with Gasteiger partial charge < -0.3 is 4.90 Å². The van der Waals surface area contributed by atoms with Gasteiger partial charge in [0.2, 0.25) is 5.91 Å². The van der Waals surface area contributed by atoms with E-state index < -0.39 is 0 Å². The van der Waals surface area contributed by atoms with E-state index >= 15 is 0 Å². The van der Waals surface area contributed by atoms with Gasteiger partial charge in [-0.3, -0.25) is 19.2 Å². The van der Waals surface area contributed by atoms with Crippen LogP contribution in [0.2, 0.25) is 0 Å². The first-order valence-corrected chi connectivity index (χ1v) is 11.5. The summed E-state index contributed by atoms with van der Waals surface area (Å²) < 4.78 is 1.61. The molecule has 1 fully saturated rings. The van der Waals surface area contributed by atoms with Crippen molar-refractivity contribution in [2.45, 2.75) is 45.1 Å². The van der Waals surface area contributed by atoms with Crippen molar-refractivity contribution in [3.8, 4) is 0 Å². The first-order valence-electron chi connectivity index (χ1n) is 11.5. The summed E-state index contributed by atoms with van der Waals surface area (Å²) >= 11 is 0. The maximum absolute atomic E-state index is 12.8. The second kappa shape index (κ2) is 8.77. The zero-order valence-corrected chi connectivity index (χ0v) is 19.1. The zero-order valence-electron chi connectivity index (χ0n) is 19.1. The highest BCUT2D eigenvalue weighted by Crippen LogP contribution is 2.33. The number of anilines is 1. The highest BCUT2D eigenvalue weighted by molar-refractivity contribution is 5.95. The van der Waals surface area contributed by atoms with Crippen LogP contribution < -0.4 is 4.90 Å². The fourth-order valence-corrected chi connectivity index (χ4v) is 4.80. The number of carbonyl (C=O) groups excluding carboxylic acids is 2. The molecule has 0 saturated carbocycles. The van der Waals surface area contributed by atoms with Crippen molar-refractivity contribution in [3.63, 3.8) is 0 Å². The molecule has 2 aliphatic rings. The molecule has 5 rings (SSSR count). The van der Waals surface area contributed by atoms with E-state index in [1.807, 2.05) is 47.1 Å². The van der Waals surface area contributed by atoms with E-state index in [1.54, 1.807) is 24.0 Å². The third kappa shape index (κ3) is 4.13. The molecule has 1 saturated heterocycles. The standard InChI is InChI=1S/C25H28N6O2/c1-17-20-8-9-22(32)31(16-18-6-4-3-5-7-18)24(20)28-23(27-17)19-11-14-30(15-12-19)25(33)21-10-13-26-29(21)2/h3-7,10,13,19H,8-9,11-12,14-16H2,1-2H3. The Bertz CT molecular complexity index is 1180. The molecule has 2 aliphatic heterocycles. The van der Waals surface area contributed by atoms with Crippen molar-refractivity contribution in [1.29, 1.82) is 0 Å². The Balaban J connectivity index is 1.36. The molecular formula is C25H28N6O2. The molecule has 8 nitrogen and oxygen atoms in total. The predicted molar refractivity (Wildman–Crippen MR) is 124 cm³/mol. The molecule has 33 heavy (non-hydrogen) atoms. The Hall–Kier alpha value is -3.55.